The number of ether oxygens (including phenoxy) is 1. The number of aliphatic carboxylic acids is 1. The van der Waals surface area contributed by atoms with E-state index < -0.39 is 25.2 Å². The van der Waals surface area contributed by atoms with E-state index in [0.717, 1.165) is 10.5 Å². The Labute approximate surface area is 202 Å². The van der Waals surface area contributed by atoms with Gasteiger partial charge in [-0.1, -0.05) is 60.7 Å². The van der Waals surface area contributed by atoms with Crippen LogP contribution in [0.4, 0.5) is 13.2 Å². The third-order valence-corrected chi connectivity index (χ3v) is 6.19. The Balaban J connectivity index is 1.86. The summed E-state index contributed by atoms with van der Waals surface area (Å²) < 4.78 is 46.5. The molecule has 1 atom stereocenters. The highest BCUT2D eigenvalue weighted by molar-refractivity contribution is 9.10. The van der Waals surface area contributed by atoms with Crippen LogP contribution in [0.5, 0.6) is 5.75 Å². The number of alkyl halides is 3. The Hall–Kier alpha value is -2.71. The number of carboxylic acid groups (broad SMARTS) is 1. The van der Waals surface area contributed by atoms with Gasteiger partial charge in [0.2, 0.25) is 0 Å². The van der Waals surface area contributed by atoms with Gasteiger partial charge in [0.1, 0.15) is 5.75 Å². The molecule has 0 amide bonds. The van der Waals surface area contributed by atoms with Gasteiger partial charge in [0.25, 0.3) is 6.43 Å². The van der Waals surface area contributed by atoms with Crippen molar-refractivity contribution >= 4 is 39.2 Å². The summed E-state index contributed by atoms with van der Waals surface area (Å²) in [5.74, 6) is -0.162. The Morgan fingerprint density at radius 2 is 1.73 bits per heavy atom. The molecule has 0 aliphatic rings. The molecule has 3 aromatic rings. The molecular weight excluding hydrogens is 517 g/mol. The lowest BCUT2D eigenvalue weighted by molar-refractivity contribution is -0.139. The minimum Gasteiger partial charge on any atom is -0.481 e. The van der Waals surface area contributed by atoms with Gasteiger partial charge in [0.05, 0.1) is 4.47 Å². The fraction of sp³-hybridized carbons (Fsp3) is 0.160. The molecular formula is C25H20BrF3O3S. The minimum absolute atomic E-state index is 0.0460. The summed E-state index contributed by atoms with van der Waals surface area (Å²) in [4.78, 5) is 11.6. The highest BCUT2D eigenvalue weighted by Crippen LogP contribution is 2.35. The van der Waals surface area contributed by atoms with Crippen LogP contribution in [0.15, 0.2) is 88.2 Å². The molecule has 8 heteroatoms. The van der Waals surface area contributed by atoms with Crippen molar-refractivity contribution in [3.8, 4) is 5.75 Å². The van der Waals surface area contributed by atoms with Crippen LogP contribution in [0.2, 0.25) is 0 Å². The van der Waals surface area contributed by atoms with E-state index in [1.54, 1.807) is 36.4 Å². The second-order valence-electron chi connectivity index (χ2n) is 6.89. The number of hydrogen-bond acceptors (Lipinski definition) is 3. The number of benzene rings is 3. The van der Waals surface area contributed by atoms with Gasteiger partial charge >= 0.3 is 5.97 Å². The Bertz CT molecular complexity index is 1120. The summed E-state index contributed by atoms with van der Waals surface area (Å²) in [6.45, 7) is -0.443. The number of carbonyl (C=O) groups is 1. The first kappa shape index (κ1) is 24.9. The molecule has 3 nitrogen and oxygen atoms in total. The van der Waals surface area contributed by atoms with Crippen LogP contribution in [-0.4, -0.2) is 29.9 Å². The van der Waals surface area contributed by atoms with Crippen molar-refractivity contribution in [3.05, 3.63) is 100 Å². The topological polar surface area (TPSA) is 46.5 Å². The summed E-state index contributed by atoms with van der Waals surface area (Å²) >= 11 is 4.86. The van der Waals surface area contributed by atoms with Crippen LogP contribution in [0.3, 0.4) is 0 Å². The Morgan fingerprint density at radius 3 is 2.39 bits per heavy atom. The van der Waals surface area contributed by atoms with E-state index in [1.807, 2.05) is 36.4 Å². The molecule has 0 heterocycles. The molecule has 3 rings (SSSR count). The smallest absolute Gasteiger partial charge is 0.341 e. The zero-order valence-corrected chi connectivity index (χ0v) is 19.7. The fourth-order valence-electron chi connectivity index (χ4n) is 3.17. The maximum absolute atomic E-state index is 14.3. The zero-order valence-electron chi connectivity index (χ0n) is 17.3. The normalized spacial score (nSPS) is 12.6. The summed E-state index contributed by atoms with van der Waals surface area (Å²) in [6.07, 6.45) is -3.60. The van der Waals surface area contributed by atoms with E-state index in [1.165, 1.54) is 17.8 Å². The predicted octanol–water partition coefficient (Wildman–Crippen LogP) is 7.41. The van der Waals surface area contributed by atoms with Crippen molar-refractivity contribution in [2.75, 3.05) is 12.4 Å². The number of halogens is 4. The second kappa shape index (κ2) is 12.0. The Morgan fingerprint density at radius 1 is 1.03 bits per heavy atom. The molecule has 0 bridgehead atoms. The molecule has 0 radical (unpaired) electrons. The average Bonchev–Trinajstić information content (AvgIpc) is 2.81. The van der Waals surface area contributed by atoms with Gasteiger partial charge in [-0.25, -0.2) is 18.0 Å². The van der Waals surface area contributed by atoms with Crippen LogP contribution in [0, 0.1) is 0 Å². The van der Waals surface area contributed by atoms with Crippen LogP contribution < -0.4 is 4.74 Å². The first-order chi connectivity index (χ1) is 15.9. The van der Waals surface area contributed by atoms with Crippen molar-refractivity contribution in [2.45, 2.75) is 17.5 Å². The number of rotatable bonds is 10. The van der Waals surface area contributed by atoms with Crippen molar-refractivity contribution in [1.29, 1.82) is 0 Å². The molecule has 0 fully saturated rings. The van der Waals surface area contributed by atoms with Crippen LogP contribution in [0.25, 0.3) is 5.57 Å². The van der Waals surface area contributed by atoms with Crippen molar-refractivity contribution < 1.29 is 27.8 Å². The summed E-state index contributed by atoms with van der Waals surface area (Å²) in [5, 5.41) is 8.74. The van der Waals surface area contributed by atoms with Gasteiger partial charge in [-0.15, -0.1) is 11.8 Å². The SMILES string of the molecule is O=C(O)COc1ccc(SCC=C(c2ccccc2)c2ccccc2C(F)C(F)F)cc1Br. The lowest BCUT2D eigenvalue weighted by atomic mass is 9.92. The molecule has 172 valence electrons. The largest absolute Gasteiger partial charge is 0.481 e. The van der Waals surface area contributed by atoms with Gasteiger partial charge in [-0.05, 0) is 56.4 Å². The monoisotopic (exact) mass is 536 g/mol. The quantitative estimate of drug-likeness (QED) is 0.274. The van der Waals surface area contributed by atoms with E-state index in [2.05, 4.69) is 15.9 Å². The highest BCUT2D eigenvalue weighted by atomic mass is 79.9. The van der Waals surface area contributed by atoms with Crippen molar-refractivity contribution in [2.24, 2.45) is 0 Å². The maximum atomic E-state index is 14.3. The minimum atomic E-state index is -3.11. The average molecular weight is 537 g/mol. The molecule has 33 heavy (non-hydrogen) atoms. The van der Waals surface area contributed by atoms with E-state index in [0.29, 0.717) is 27.1 Å². The molecule has 0 saturated carbocycles. The zero-order chi connectivity index (χ0) is 23.8. The third-order valence-electron chi connectivity index (χ3n) is 4.65. The van der Waals surface area contributed by atoms with Gasteiger partial charge < -0.3 is 9.84 Å². The van der Waals surface area contributed by atoms with Crippen LogP contribution >= 0.6 is 27.7 Å². The highest BCUT2D eigenvalue weighted by Gasteiger charge is 2.25. The van der Waals surface area contributed by atoms with Crippen molar-refractivity contribution in [1.82, 2.24) is 0 Å². The van der Waals surface area contributed by atoms with E-state index >= 15 is 0 Å². The van der Waals surface area contributed by atoms with E-state index in [9.17, 15) is 18.0 Å². The lowest BCUT2D eigenvalue weighted by Crippen LogP contribution is -2.09. The first-order valence-corrected chi connectivity index (χ1v) is 11.7. The molecule has 0 aliphatic heterocycles. The van der Waals surface area contributed by atoms with E-state index in [-0.39, 0.29) is 5.56 Å². The van der Waals surface area contributed by atoms with Crippen LogP contribution in [-0.2, 0) is 4.79 Å². The van der Waals surface area contributed by atoms with Gasteiger partial charge in [-0.2, -0.15) is 0 Å². The molecule has 3 aromatic carbocycles. The van der Waals surface area contributed by atoms with Gasteiger partial charge in [-0.3, -0.25) is 0 Å². The van der Waals surface area contributed by atoms with E-state index in [4.69, 9.17) is 9.84 Å². The molecule has 0 aliphatic carbocycles. The number of carboxylic acids is 1. The maximum Gasteiger partial charge on any atom is 0.341 e. The summed E-state index contributed by atoms with van der Waals surface area (Å²) in [7, 11) is 0. The molecule has 0 aromatic heterocycles. The van der Waals surface area contributed by atoms with Gasteiger partial charge in [0.15, 0.2) is 12.8 Å². The standard InChI is InChI=1S/C25H20BrF3O3S/c26-21-14-17(10-11-22(21)32-15-23(30)31)33-13-12-18(16-6-2-1-3-7-16)19-8-4-5-9-20(19)24(27)25(28)29/h1-12,14,24-25H,13,15H2,(H,30,31). The third kappa shape index (κ3) is 6.88. The summed E-state index contributed by atoms with van der Waals surface area (Å²) in [6, 6.07) is 20.8. The Kier molecular flexibility index (Phi) is 9.03. The van der Waals surface area contributed by atoms with Crippen LogP contribution in [0.1, 0.15) is 22.9 Å². The lowest BCUT2D eigenvalue weighted by Gasteiger charge is -2.16. The summed E-state index contributed by atoms with van der Waals surface area (Å²) in [5.41, 5.74) is 1.85. The first-order valence-electron chi connectivity index (χ1n) is 9.91. The fourth-order valence-corrected chi connectivity index (χ4v) is 4.62. The second-order valence-corrected chi connectivity index (χ2v) is 8.84. The number of thioether (sulfide) groups is 1. The molecule has 0 spiro atoms. The number of hydrogen-bond donors (Lipinski definition) is 1. The molecule has 0 saturated heterocycles. The van der Waals surface area contributed by atoms with Crippen molar-refractivity contribution in [3.63, 3.8) is 0 Å². The van der Waals surface area contributed by atoms with Gasteiger partial charge in [0, 0.05) is 10.6 Å². The predicted molar refractivity (Wildman–Crippen MR) is 128 cm³/mol. The molecule has 1 N–H and O–H groups in total. The molecule has 1 unspecified atom stereocenters.